The molecule has 2 rings (SSSR count). The molecule has 0 radical (unpaired) electrons. The quantitative estimate of drug-likeness (QED) is 0.909. The molecule has 0 unspecified atom stereocenters. The number of nitrogens with zero attached hydrogens (tertiary/aromatic N) is 1. The van der Waals surface area contributed by atoms with Gasteiger partial charge in [-0.25, -0.2) is 8.42 Å². The standard InChI is InChI=1S/C13H16ClN3O2S/c1-8(2)11-7-13(16-15-11)17-20(18,19)12-5-4-9(3)6-10(12)14/h4-8H,1-3H3,(H2,15,16,17). The van der Waals surface area contributed by atoms with E-state index in [0.717, 1.165) is 11.3 Å². The molecule has 1 aromatic carbocycles. The summed E-state index contributed by atoms with van der Waals surface area (Å²) in [4.78, 5) is 0.0406. The topological polar surface area (TPSA) is 74.8 Å². The number of H-pyrrole nitrogens is 1. The summed E-state index contributed by atoms with van der Waals surface area (Å²) >= 11 is 5.99. The molecule has 2 N–H and O–H groups in total. The fraction of sp³-hybridized carbons (Fsp3) is 0.308. The first kappa shape index (κ1) is 14.9. The van der Waals surface area contributed by atoms with E-state index in [1.807, 2.05) is 20.8 Å². The van der Waals surface area contributed by atoms with Gasteiger partial charge in [0.05, 0.1) is 5.02 Å². The second-order valence-corrected chi connectivity index (χ2v) is 6.96. The minimum absolute atomic E-state index is 0.0406. The Labute approximate surface area is 123 Å². The maximum Gasteiger partial charge on any atom is 0.264 e. The Bertz CT molecular complexity index is 723. The van der Waals surface area contributed by atoms with E-state index in [2.05, 4.69) is 14.9 Å². The van der Waals surface area contributed by atoms with Crippen LogP contribution < -0.4 is 4.72 Å². The molecule has 0 aliphatic carbocycles. The highest BCUT2D eigenvalue weighted by atomic mass is 35.5. The molecule has 1 aromatic heterocycles. The normalized spacial score (nSPS) is 11.8. The molecule has 0 fully saturated rings. The van der Waals surface area contributed by atoms with E-state index < -0.39 is 10.0 Å². The molecular weight excluding hydrogens is 298 g/mol. The molecule has 0 atom stereocenters. The van der Waals surface area contributed by atoms with Crippen molar-refractivity contribution in [3.63, 3.8) is 0 Å². The van der Waals surface area contributed by atoms with Crippen LogP contribution in [-0.4, -0.2) is 18.6 Å². The second kappa shape index (κ2) is 5.46. The molecule has 2 aromatic rings. The largest absolute Gasteiger partial charge is 0.280 e. The highest BCUT2D eigenvalue weighted by Gasteiger charge is 2.19. The van der Waals surface area contributed by atoms with Crippen LogP contribution in [0.1, 0.15) is 31.0 Å². The molecule has 7 heteroatoms. The summed E-state index contributed by atoms with van der Waals surface area (Å²) in [6.45, 7) is 5.82. The Morgan fingerprint density at radius 1 is 1.30 bits per heavy atom. The second-order valence-electron chi connectivity index (χ2n) is 4.90. The van der Waals surface area contributed by atoms with Crippen molar-refractivity contribution in [2.45, 2.75) is 31.6 Å². The number of benzene rings is 1. The van der Waals surface area contributed by atoms with E-state index in [-0.39, 0.29) is 21.7 Å². The third-order valence-corrected chi connectivity index (χ3v) is 4.67. The van der Waals surface area contributed by atoms with Gasteiger partial charge in [-0.05, 0) is 30.5 Å². The highest BCUT2D eigenvalue weighted by molar-refractivity contribution is 7.92. The molecule has 0 saturated carbocycles. The van der Waals surface area contributed by atoms with Gasteiger partial charge in [0.2, 0.25) is 0 Å². The Morgan fingerprint density at radius 3 is 2.55 bits per heavy atom. The van der Waals surface area contributed by atoms with Crippen molar-refractivity contribution in [2.75, 3.05) is 4.72 Å². The first-order chi connectivity index (χ1) is 9.29. The molecule has 5 nitrogen and oxygen atoms in total. The molecule has 108 valence electrons. The summed E-state index contributed by atoms with van der Waals surface area (Å²) in [6, 6.07) is 6.46. The molecule has 0 aliphatic heterocycles. The van der Waals surface area contributed by atoms with Crippen molar-refractivity contribution in [3.05, 3.63) is 40.5 Å². The molecule has 0 aliphatic rings. The lowest BCUT2D eigenvalue weighted by Gasteiger charge is -2.07. The van der Waals surface area contributed by atoms with Gasteiger partial charge < -0.3 is 0 Å². The van der Waals surface area contributed by atoms with E-state index in [0.29, 0.717) is 0 Å². The summed E-state index contributed by atoms with van der Waals surface area (Å²) in [5.41, 5.74) is 1.76. The van der Waals surface area contributed by atoms with Crippen molar-refractivity contribution in [1.29, 1.82) is 0 Å². The molecule has 20 heavy (non-hydrogen) atoms. The fourth-order valence-corrected chi connectivity index (χ4v) is 3.29. The van der Waals surface area contributed by atoms with Crippen LogP contribution >= 0.6 is 11.6 Å². The van der Waals surface area contributed by atoms with Gasteiger partial charge in [-0.3, -0.25) is 9.82 Å². The van der Waals surface area contributed by atoms with Crippen LogP contribution in [0.3, 0.4) is 0 Å². The van der Waals surface area contributed by atoms with Crippen LogP contribution in [0, 0.1) is 6.92 Å². The summed E-state index contributed by atoms with van der Waals surface area (Å²) in [5.74, 6) is 0.494. The van der Waals surface area contributed by atoms with E-state index in [1.54, 1.807) is 18.2 Å². The third kappa shape index (κ3) is 3.13. The molecule has 1 heterocycles. The summed E-state index contributed by atoms with van der Waals surface area (Å²) in [7, 11) is -3.74. The van der Waals surface area contributed by atoms with Crippen LogP contribution in [0.4, 0.5) is 5.82 Å². The van der Waals surface area contributed by atoms with Crippen molar-refractivity contribution >= 4 is 27.4 Å². The lowest BCUT2D eigenvalue weighted by molar-refractivity contribution is 0.601. The predicted octanol–water partition coefficient (Wildman–Crippen LogP) is 3.30. The number of aryl methyl sites for hydroxylation is 1. The average Bonchev–Trinajstić information content (AvgIpc) is 2.76. The lowest BCUT2D eigenvalue weighted by Crippen LogP contribution is -2.13. The molecular formula is C13H16ClN3O2S. The number of anilines is 1. The van der Waals surface area contributed by atoms with E-state index >= 15 is 0 Å². The maximum atomic E-state index is 12.3. The Kier molecular flexibility index (Phi) is 4.06. The fourth-order valence-electron chi connectivity index (χ4n) is 1.70. The zero-order valence-electron chi connectivity index (χ0n) is 11.4. The minimum atomic E-state index is -3.74. The van der Waals surface area contributed by atoms with Gasteiger partial charge in [-0.1, -0.05) is 31.5 Å². The average molecular weight is 314 g/mol. The molecule has 0 spiro atoms. The minimum Gasteiger partial charge on any atom is -0.280 e. The lowest BCUT2D eigenvalue weighted by atomic mass is 10.1. The maximum absolute atomic E-state index is 12.3. The van der Waals surface area contributed by atoms with Crippen molar-refractivity contribution < 1.29 is 8.42 Å². The monoisotopic (exact) mass is 313 g/mol. The first-order valence-corrected chi connectivity index (χ1v) is 8.00. The number of hydrogen-bond acceptors (Lipinski definition) is 3. The number of aromatic amines is 1. The number of hydrogen-bond donors (Lipinski definition) is 2. The highest BCUT2D eigenvalue weighted by Crippen LogP contribution is 2.25. The smallest absolute Gasteiger partial charge is 0.264 e. The zero-order valence-corrected chi connectivity index (χ0v) is 13.0. The first-order valence-electron chi connectivity index (χ1n) is 6.14. The Balaban J connectivity index is 2.30. The predicted molar refractivity (Wildman–Crippen MR) is 79.7 cm³/mol. The molecule has 0 amide bonds. The van der Waals surface area contributed by atoms with Gasteiger partial charge in [0.25, 0.3) is 10.0 Å². The Morgan fingerprint density at radius 2 is 2.00 bits per heavy atom. The van der Waals surface area contributed by atoms with Gasteiger partial charge in [-0.2, -0.15) is 5.10 Å². The van der Waals surface area contributed by atoms with Crippen molar-refractivity contribution in [1.82, 2.24) is 10.2 Å². The van der Waals surface area contributed by atoms with Gasteiger partial charge in [0, 0.05) is 11.8 Å². The van der Waals surface area contributed by atoms with Gasteiger partial charge in [0.1, 0.15) is 4.90 Å². The van der Waals surface area contributed by atoms with E-state index in [1.165, 1.54) is 6.07 Å². The number of halogens is 1. The summed E-state index contributed by atoms with van der Waals surface area (Å²) < 4.78 is 26.9. The van der Waals surface area contributed by atoms with Gasteiger partial charge >= 0.3 is 0 Å². The van der Waals surface area contributed by atoms with Gasteiger partial charge in [0.15, 0.2) is 5.82 Å². The number of aromatic nitrogens is 2. The number of rotatable bonds is 4. The summed E-state index contributed by atoms with van der Waals surface area (Å²) in [5, 5.41) is 6.92. The van der Waals surface area contributed by atoms with Crippen LogP contribution in [0.25, 0.3) is 0 Å². The number of nitrogens with one attached hydrogen (secondary N) is 2. The van der Waals surface area contributed by atoms with Crippen LogP contribution in [-0.2, 0) is 10.0 Å². The van der Waals surface area contributed by atoms with E-state index in [4.69, 9.17) is 11.6 Å². The van der Waals surface area contributed by atoms with E-state index in [9.17, 15) is 8.42 Å². The molecule has 0 bridgehead atoms. The SMILES string of the molecule is Cc1ccc(S(=O)(=O)Nc2cc(C(C)C)[nH]n2)c(Cl)c1. The Hall–Kier alpha value is -1.53. The van der Waals surface area contributed by atoms with Crippen molar-refractivity contribution in [3.8, 4) is 0 Å². The summed E-state index contributed by atoms with van der Waals surface area (Å²) in [6.07, 6.45) is 0. The van der Waals surface area contributed by atoms with Crippen molar-refractivity contribution in [2.24, 2.45) is 0 Å². The zero-order chi connectivity index (χ0) is 14.9. The molecule has 0 saturated heterocycles. The van der Waals surface area contributed by atoms with Crippen LogP contribution in [0.2, 0.25) is 5.02 Å². The van der Waals surface area contributed by atoms with Crippen LogP contribution in [0.5, 0.6) is 0 Å². The number of sulfonamides is 1. The third-order valence-electron chi connectivity index (χ3n) is 2.84. The van der Waals surface area contributed by atoms with Crippen LogP contribution in [0.15, 0.2) is 29.2 Å². The van der Waals surface area contributed by atoms with Gasteiger partial charge in [-0.15, -0.1) is 0 Å².